The van der Waals surface area contributed by atoms with Crippen molar-refractivity contribution in [3.05, 3.63) is 70.8 Å². The highest BCUT2D eigenvalue weighted by Crippen LogP contribution is 2.13. The van der Waals surface area contributed by atoms with Crippen molar-refractivity contribution in [3.63, 3.8) is 0 Å². The Hall–Kier alpha value is -2.09. The van der Waals surface area contributed by atoms with Crippen molar-refractivity contribution in [2.45, 2.75) is 39.7 Å². The van der Waals surface area contributed by atoms with Crippen molar-refractivity contribution < 1.29 is 4.79 Å². The number of nitrogens with one attached hydrogen (secondary N) is 1. The smallest absolute Gasteiger partial charge is 0.251 e. The first-order chi connectivity index (χ1) is 10.1. The van der Waals surface area contributed by atoms with Gasteiger partial charge < -0.3 is 5.32 Å². The highest BCUT2D eigenvalue weighted by atomic mass is 16.1. The first kappa shape index (κ1) is 15.3. The predicted molar refractivity (Wildman–Crippen MR) is 87.6 cm³/mol. The van der Waals surface area contributed by atoms with Crippen LogP contribution in [-0.4, -0.2) is 11.9 Å². The lowest BCUT2D eigenvalue weighted by Crippen LogP contribution is -2.33. The minimum absolute atomic E-state index is 0.0248. The lowest BCUT2D eigenvalue weighted by molar-refractivity contribution is 0.0937. The molecule has 0 radical (unpaired) electrons. The lowest BCUT2D eigenvalue weighted by Gasteiger charge is -2.15. The van der Waals surface area contributed by atoms with Gasteiger partial charge in [-0.1, -0.05) is 42.5 Å². The van der Waals surface area contributed by atoms with Crippen LogP contribution >= 0.6 is 0 Å². The van der Waals surface area contributed by atoms with Crippen LogP contribution in [0.3, 0.4) is 0 Å². The van der Waals surface area contributed by atoms with Gasteiger partial charge in [-0.3, -0.25) is 4.79 Å². The monoisotopic (exact) mass is 281 g/mol. The highest BCUT2D eigenvalue weighted by molar-refractivity contribution is 5.96. The van der Waals surface area contributed by atoms with Gasteiger partial charge in [0.05, 0.1) is 0 Å². The summed E-state index contributed by atoms with van der Waals surface area (Å²) in [7, 11) is 0. The molecule has 0 aliphatic rings. The van der Waals surface area contributed by atoms with Gasteiger partial charge in [0.1, 0.15) is 0 Å². The van der Waals surface area contributed by atoms with E-state index in [-0.39, 0.29) is 11.9 Å². The zero-order chi connectivity index (χ0) is 15.2. The highest BCUT2D eigenvalue weighted by Gasteiger charge is 2.12. The largest absolute Gasteiger partial charge is 0.350 e. The molecule has 0 aliphatic carbocycles. The van der Waals surface area contributed by atoms with E-state index in [0.717, 1.165) is 29.5 Å². The molecule has 0 aromatic heterocycles. The van der Waals surface area contributed by atoms with Crippen LogP contribution in [0.25, 0.3) is 0 Å². The fourth-order valence-electron chi connectivity index (χ4n) is 2.40. The van der Waals surface area contributed by atoms with Crippen LogP contribution in [0.5, 0.6) is 0 Å². The van der Waals surface area contributed by atoms with Gasteiger partial charge in [-0.2, -0.15) is 0 Å². The Bertz CT molecular complexity index is 604. The van der Waals surface area contributed by atoms with Gasteiger partial charge in [-0.15, -0.1) is 0 Å². The molecule has 0 heterocycles. The van der Waals surface area contributed by atoms with Gasteiger partial charge in [-0.05, 0) is 56.4 Å². The molecule has 2 aromatic rings. The normalized spacial score (nSPS) is 12.0. The molecule has 0 fully saturated rings. The zero-order valence-corrected chi connectivity index (χ0v) is 13.0. The Balaban J connectivity index is 1.92. The van der Waals surface area contributed by atoms with Gasteiger partial charge in [0.15, 0.2) is 0 Å². The average Bonchev–Trinajstić information content (AvgIpc) is 2.49. The topological polar surface area (TPSA) is 29.1 Å². The van der Waals surface area contributed by atoms with Crippen molar-refractivity contribution in [2.24, 2.45) is 0 Å². The van der Waals surface area contributed by atoms with E-state index in [4.69, 9.17) is 0 Å². The molecule has 2 heteroatoms. The van der Waals surface area contributed by atoms with Gasteiger partial charge in [0.25, 0.3) is 5.91 Å². The molecule has 2 nitrogen and oxygen atoms in total. The van der Waals surface area contributed by atoms with Crippen molar-refractivity contribution in [1.29, 1.82) is 0 Å². The van der Waals surface area contributed by atoms with Crippen molar-refractivity contribution in [2.75, 3.05) is 0 Å². The van der Waals surface area contributed by atoms with E-state index in [1.807, 2.05) is 38.1 Å². The molecule has 0 aliphatic heterocycles. The minimum atomic E-state index is 0.0248. The van der Waals surface area contributed by atoms with E-state index in [9.17, 15) is 4.79 Å². The maximum atomic E-state index is 12.3. The second kappa shape index (κ2) is 7.07. The molecular formula is C19H23NO. The van der Waals surface area contributed by atoms with Gasteiger partial charge in [0, 0.05) is 11.6 Å². The van der Waals surface area contributed by atoms with Gasteiger partial charge in [0.2, 0.25) is 0 Å². The second-order valence-corrected chi connectivity index (χ2v) is 5.65. The zero-order valence-electron chi connectivity index (χ0n) is 13.0. The molecule has 0 saturated heterocycles. The second-order valence-electron chi connectivity index (χ2n) is 5.65. The summed E-state index contributed by atoms with van der Waals surface area (Å²) in [6.07, 6.45) is 1.93. The number of rotatable bonds is 5. The number of hydrogen-bond acceptors (Lipinski definition) is 1. The number of carbonyl (C=O) groups is 1. The van der Waals surface area contributed by atoms with Crippen molar-refractivity contribution in [1.82, 2.24) is 5.32 Å². The molecule has 0 spiro atoms. The van der Waals surface area contributed by atoms with E-state index in [0.29, 0.717) is 0 Å². The molecule has 1 amide bonds. The first-order valence-electron chi connectivity index (χ1n) is 7.49. The predicted octanol–water partition coefficient (Wildman–Crippen LogP) is 4.05. The molecule has 1 unspecified atom stereocenters. The summed E-state index contributed by atoms with van der Waals surface area (Å²) in [5.74, 6) is 0.0248. The molecule has 0 bridgehead atoms. The molecule has 2 rings (SSSR count). The van der Waals surface area contributed by atoms with Crippen LogP contribution < -0.4 is 5.32 Å². The quantitative estimate of drug-likeness (QED) is 0.880. The standard InChI is InChI=1S/C19H23NO/c1-14-8-7-11-18(16(14)3)19(21)20-15(2)12-13-17-9-5-4-6-10-17/h4-11,15H,12-13H2,1-3H3,(H,20,21). The third-order valence-electron chi connectivity index (χ3n) is 3.94. The van der Waals surface area contributed by atoms with E-state index < -0.39 is 0 Å². The fraction of sp³-hybridized carbons (Fsp3) is 0.316. The summed E-state index contributed by atoms with van der Waals surface area (Å²) in [6, 6.07) is 16.4. The van der Waals surface area contributed by atoms with Crippen molar-refractivity contribution >= 4 is 5.91 Å². The number of aryl methyl sites for hydroxylation is 2. The summed E-state index contributed by atoms with van der Waals surface area (Å²) in [5.41, 5.74) is 4.30. The summed E-state index contributed by atoms with van der Waals surface area (Å²) in [5, 5.41) is 3.10. The molecule has 0 saturated carbocycles. The molecular weight excluding hydrogens is 258 g/mol. The Morgan fingerprint density at radius 1 is 1.05 bits per heavy atom. The molecule has 110 valence electrons. The Morgan fingerprint density at radius 3 is 2.48 bits per heavy atom. The van der Waals surface area contributed by atoms with Crippen LogP contribution in [0, 0.1) is 13.8 Å². The van der Waals surface area contributed by atoms with Gasteiger partial charge in [-0.25, -0.2) is 0 Å². The Labute approximate surface area is 127 Å². The first-order valence-corrected chi connectivity index (χ1v) is 7.49. The van der Waals surface area contributed by atoms with Gasteiger partial charge >= 0.3 is 0 Å². The van der Waals surface area contributed by atoms with Crippen LogP contribution in [0.1, 0.15) is 40.4 Å². The summed E-state index contributed by atoms with van der Waals surface area (Å²) >= 11 is 0. The number of benzene rings is 2. The maximum Gasteiger partial charge on any atom is 0.251 e. The van der Waals surface area contributed by atoms with Crippen molar-refractivity contribution in [3.8, 4) is 0 Å². The maximum absolute atomic E-state index is 12.3. The Kier molecular flexibility index (Phi) is 5.15. The van der Waals surface area contributed by atoms with E-state index in [1.165, 1.54) is 5.56 Å². The number of amides is 1. The molecule has 1 atom stereocenters. The van der Waals surface area contributed by atoms with E-state index in [1.54, 1.807) is 0 Å². The summed E-state index contributed by atoms with van der Waals surface area (Å²) in [6.45, 7) is 6.09. The summed E-state index contributed by atoms with van der Waals surface area (Å²) in [4.78, 5) is 12.3. The fourth-order valence-corrected chi connectivity index (χ4v) is 2.40. The van der Waals surface area contributed by atoms with E-state index in [2.05, 4.69) is 36.5 Å². The SMILES string of the molecule is Cc1cccc(C(=O)NC(C)CCc2ccccc2)c1C. The number of carbonyl (C=O) groups excluding carboxylic acids is 1. The average molecular weight is 281 g/mol. The summed E-state index contributed by atoms with van der Waals surface area (Å²) < 4.78 is 0. The third-order valence-corrected chi connectivity index (χ3v) is 3.94. The van der Waals surface area contributed by atoms with Crippen LogP contribution in [-0.2, 0) is 6.42 Å². The lowest BCUT2D eigenvalue weighted by atomic mass is 10.0. The van der Waals surface area contributed by atoms with Crippen LogP contribution in [0.4, 0.5) is 0 Å². The molecule has 21 heavy (non-hydrogen) atoms. The van der Waals surface area contributed by atoms with Crippen LogP contribution in [0.2, 0.25) is 0 Å². The van der Waals surface area contributed by atoms with Crippen LogP contribution in [0.15, 0.2) is 48.5 Å². The number of hydrogen-bond donors (Lipinski definition) is 1. The molecule has 2 aromatic carbocycles. The van der Waals surface area contributed by atoms with E-state index >= 15 is 0 Å². The Morgan fingerprint density at radius 2 is 1.76 bits per heavy atom. The molecule has 1 N–H and O–H groups in total. The minimum Gasteiger partial charge on any atom is -0.350 e. The third kappa shape index (κ3) is 4.19.